The number of aryl methyl sites for hydroxylation is 1. The van der Waals surface area contributed by atoms with Crippen molar-refractivity contribution >= 4 is 33.4 Å². The van der Waals surface area contributed by atoms with Crippen LogP contribution in [-0.4, -0.2) is 55.6 Å². The Kier molecular flexibility index (Phi) is 9.46. The first-order valence-corrected chi connectivity index (χ1v) is 12.6. The van der Waals surface area contributed by atoms with Gasteiger partial charge < -0.3 is 10.2 Å². The van der Waals surface area contributed by atoms with Gasteiger partial charge in [0.25, 0.3) is 0 Å². The Labute approximate surface area is 201 Å². The molecule has 180 valence electrons. The number of amides is 2. The van der Waals surface area contributed by atoms with Gasteiger partial charge in [-0.1, -0.05) is 55.3 Å². The van der Waals surface area contributed by atoms with Crippen LogP contribution in [0.1, 0.15) is 31.9 Å². The molecule has 2 aromatic rings. The van der Waals surface area contributed by atoms with Crippen molar-refractivity contribution in [1.29, 1.82) is 0 Å². The van der Waals surface area contributed by atoms with Crippen LogP contribution < -0.4 is 5.32 Å². The van der Waals surface area contributed by atoms with Gasteiger partial charge >= 0.3 is 0 Å². The van der Waals surface area contributed by atoms with E-state index < -0.39 is 28.5 Å². The summed E-state index contributed by atoms with van der Waals surface area (Å²) in [7, 11) is -2.50. The molecule has 0 spiro atoms. The molecule has 2 amide bonds. The summed E-state index contributed by atoms with van der Waals surface area (Å²) in [5.74, 6) is -0.516. The molecule has 0 saturated carbocycles. The molecule has 1 unspecified atom stereocenters. The monoisotopic (exact) mass is 493 g/mol. The Hall–Kier alpha value is -2.42. The topological polar surface area (TPSA) is 86.8 Å². The van der Waals surface area contributed by atoms with Crippen LogP contribution >= 0.6 is 11.6 Å². The zero-order valence-electron chi connectivity index (χ0n) is 19.7. The number of benzene rings is 2. The van der Waals surface area contributed by atoms with Crippen molar-refractivity contribution in [3.05, 3.63) is 64.7 Å². The van der Waals surface area contributed by atoms with Crippen LogP contribution in [0.2, 0.25) is 5.02 Å². The van der Waals surface area contributed by atoms with Crippen molar-refractivity contribution in [2.45, 2.75) is 45.2 Å². The van der Waals surface area contributed by atoms with Crippen LogP contribution in [0.3, 0.4) is 0 Å². The maximum atomic E-state index is 13.3. The second-order valence-electron chi connectivity index (χ2n) is 8.54. The van der Waals surface area contributed by atoms with Crippen LogP contribution in [-0.2, 0) is 26.2 Å². The SMILES string of the molecule is Cc1ccc(S(=O)(=O)N(C)CC(=O)N(Cc2ccc(Cl)cc2)C(C)C(=O)NCC(C)C)cc1. The highest BCUT2D eigenvalue weighted by atomic mass is 35.5. The number of hydrogen-bond donors (Lipinski definition) is 1. The summed E-state index contributed by atoms with van der Waals surface area (Å²) < 4.78 is 26.9. The van der Waals surface area contributed by atoms with Gasteiger partial charge in [-0.15, -0.1) is 0 Å². The number of nitrogens with one attached hydrogen (secondary N) is 1. The molecule has 0 fully saturated rings. The van der Waals surface area contributed by atoms with Gasteiger partial charge in [0.1, 0.15) is 6.04 Å². The lowest BCUT2D eigenvalue weighted by molar-refractivity contribution is -0.140. The van der Waals surface area contributed by atoms with E-state index in [-0.39, 0.29) is 23.3 Å². The van der Waals surface area contributed by atoms with Gasteiger partial charge in [-0.3, -0.25) is 9.59 Å². The number of hydrogen-bond acceptors (Lipinski definition) is 4. The van der Waals surface area contributed by atoms with Gasteiger partial charge in [0.2, 0.25) is 21.8 Å². The minimum absolute atomic E-state index is 0.107. The largest absolute Gasteiger partial charge is 0.354 e. The average Bonchev–Trinajstić information content (AvgIpc) is 2.76. The summed E-state index contributed by atoms with van der Waals surface area (Å²) in [4.78, 5) is 27.5. The first-order valence-electron chi connectivity index (χ1n) is 10.8. The fourth-order valence-electron chi connectivity index (χ4n) is 3.08. The van der Waals surface area contributed by atoms with E-state index in [9.17, 15) is 18.0 Å². The van der Waals surface area contributed by atoms with E-state index >= 15 is 0 Å². The molecule has 2 aromatic carbocycles. The molecule has 2 rings (SSSR count). The molecule has 0 aliphatic rings. The summed E-state index contributed by atoms with van der Waals surface area (Å²) >= 11 is 5.96. The van der Waals surface area contributed by atoms with E-state index in [4.69, 9.17) is 11.6 Å². The van der Waals surface area contributed by atoms with Crippen LogP contribution in [0.5, 0.6) is 0 Å². The summed E-state index contributed by atoms with van der Waals surface area (Å²) in [6, 6.07) is 12.6. The zero-order valence-corrected chi connectivity index (χ0v) is 21.3. The van der Waals surface area contributed by atoms with Gasteiger partial charge in [0.05, 0.1) is 11.4 Å². The Balaban J connectivity index is 2.24. The second kappa shape index (κ2) is 11.6. The number of halogens is 1. The van der Waals surface area contributed by atoms with Gasteiger partial charge in [0.15, 0.2) is 0 Å². The van der Waals surface area contributed by atoms with E-state index in [0.717, 1.165) is 15.4 Å². The number of rotatable bonds is 10. The molecular weight excluding hydrogens is 462 g/mol. The van der Waals surface area contributed by atoms with Crippen LogP contribution in [0.25, 0.3) is 0 Å². The highest BCUT2D eigenvalue weighted by molar-refractivity contribution is 7.89. The molecule has 7 nitrogen and oxygen atoms in total. The molecule has 1 N–H and O–H groups in total. The summed E-state index contributed by atoms with van der Waals surface area (Å²) in [5, 5.41) is 3.40. The standard InChI is InChI=1S/C24H32ClN3O4S/c1-17(2)14-26-24(30)19(4)28(15-20-8-10-21(25)11-9-20)23(29)16-27(5)33(31,32)22-12-6-18(3)7-13-22/h6-13,17,19H,14-16H2,1-5H3,(H,26,30). The Bertz CT molecular complexity index is 1050. The van der Waals surface area contributed by atoms with E-state index in [1.807, 2.05) is 20.8 Å². The molecule has 0 aliphatic carbocycles. The minimum atomic E-state index is -3.86. The summed E-state index contributed by atoms with van der Waals surface area (Å²) in [5.41, 5.74) is 1.71. The number of sulfonamides is 1. The van der Waals surface area contributed by atoms with E-state index in [1.54, 1.807) is 43.3 Å². The molecule has 0 bridgehead atoms. The molecule has 0 saturated heterocycles. The molecule has 1 atom stereocenters. The van der Waals surface area contributed by atoms with Crippen molar-refractivity contribution in [3.63, 3.8) is 0 Å². The van der Waals surface area contributed by atoms with E-state index in [1.165, 1.54) is 24.1 Å². The maximum Gasteiger partial charge on any atom is 0.243 e. The van der Waals surface area contributed by atoms with Gasteiger partial charge in [0, 0.05) is 25.2 Å². The van der Waals surface area contributed by atoms with Crippen LogP contribution in [0.4, 0.5) is 0 Å². The first kappa shape index (κ1) is 26.8. The highest BCUT2D eigenvalue weighted by Gasteiger charge is 2.30. The van der Waals surface area contributed by atoms with Gasteiger partial charge in [-0.05, 0) is 49.6 Å². The molecule has 0 aromatic heterocycles. The lowest BCUT2D eigenvalue weighted by Gasteiger charge is -2.30. The molecule has 9 heteroatoms. The van der Waals surface area contributed by atoms with Crippen molar-refractivity contribution in [2.75, 3.05) is 20.1 Å². The molecule has 0 aliphatic heterocycles. The Morgan fingerprint density at radius 2 is 1.58 bits per heavy atom. The maximum absolute atomic E-state index is 13.3. The quantitative estimate of drug-likeness (QED) is 0.549. The first-order chi connectivity index (χ1) is 15.4. The number of carbonyl (C=O) groups excluding carboxylic acids is 2. The molecule has 0 radical (unpaired) electrons. The minimum Gasteiger partial charge on any atom is -0.354 e. The normalized spacial score (nSPS) is 12.6. The third kappa shape index (κ3) is 7.55. The van der Waals surface area contributed by atoms with E-state index in [2.05, 4.69) is 5.32 Å². The van der Waals surface area contributed by atoms with Crippen molar-refractivity contribution in [2.24, 2.45) is 5.92 Å². The highest BCUT2D eigenvalue weighted by Crippen LogP contribution is 2.17. The third-order valence-electron chi connectivity index (χ3n) is 5.21. The molecular formula is C24H32ClN3O4S. The fraction of sp³-hybridized carbons (Fsp3) is 0.417. The fourth-order valence-corrected chi connectivity index (χ4v) is 4.32. The smallest absolute Gasteiger partial charge is 0.243 e. The summed E-state index contributed by atoms with van der Waals surface area (Å²) in [6.07, 6.45) is 0. The van der Waals surface area contributed by atoms with Crippen molar-refractivity contribution < 1.29 is 18.0 Å². The third-order valence-corrected chi connectivity index (χ3v) is 7.27. The average molecular weight is 494 g/mol. The predicted molar refractivity (Wildman–Crippen MR) is 130 cm³/mol. The van der Waals surface area contributed by atoms with E-state index in [0.29, 0.717) is 11.6 Å². The molecule has 0 heterocycles. The molecule has 33 heavy (non-hydrogen) atoms. The summed E-state index contributed by atoms with van der Waals surface area (Å²) in [6.45, 7) is 7.69. The van der Waals surface area contributed by atoms with Gasteiger partial charge in [-0.2, -0.15) is 4.31 Å². The second-order valence-corrected chi connectivity index (χ2v) is 11.0. The van der Waals surface area contributed by atoms with Gasteiger partial charge in [-0.25, -0.2) is 8.42 Å². The van der Waals surface area contributed by atoms with Crippen LogP contribution in [0.15, 0.2) is 53.4 Å². The lowest BCUT2D eigenvalue weighted by atomic mass is 10.1. The lowest BCUT2D eigenvalue weighted by Crippen LogP contribution is -2.51. The number of carbonyl (C=O) groups is 2. The Morgan fingerprint density at radius 1 is 1.00 bits per heavy atom. The van der Waals surface area contributed by atoms with Crippen LogP contribution in [0, 0.1) is 12.8 Å². The number of likely N-dealkylation sites (N-methyl/N-ethyl adjacent to an activating group) is 1. The zero-order chi connectivity index (χ0) is 24.8. The van der Waals surface area contributed by atoms with Crippen molar-refractivity contribution in [1.82, 2.24) is 14.5 Å². The predicted octanol–water partition coefficient (Wildman–Crippen LogP) is 3.46. The van der Waals surface area contributed by atoms with Crippen molar-refractivity contribution in [3.8, 4) is 0 Å². The Morgan fingerprint density at radius 3 is 2.12 bits per heavy atom. The number of nitrogens with zero attached hydrogens (tertiary/aromatic N) is 2.